The van der Waals surface area contributed by atoms with E-state index in [1.165, 1.54) is 5.56 Å². The quantitative estimate of drug-likeness (QED) is 0.737. The van der Waals surface area contributed by atoms with Crippen molar-refractivity contribution < 1.29 is 4.79 Å². The highest BCUT2D eigenvalue weighted by Gasteiger charge is 2.04. The minimum absolute atomic E-state index is 0.0964. The molecule has 0 bridgehead atoms. The summed E-state index contributed by atoms with van der Waals surface area (Å²) >= 11 is 0. The summed E-state index contributed by atoms with van der Waals surface area (Å²) in [6.07, 6.45) is 0.847. The molecule has 0 fully saturated rings. The molecule has 1 atom stereocenters. The van der Waals surface area contributed by atoms with Gasteiger partial charge in [0, 0.05) is 6.54 Å². The molecule has 3 N–H and O–H groups in total. The van der Waals surface area contributed by atoms with Gasteiger partial charge in [0.1, 0.15) is 0 Å². The van der Waals surface area contributed by atoms with Gasteiger partial charge in [-0.3, -0.25) is 4.79 Å². The smallest absolute Gasteiger partial charge is 0.236 e. The molecule has 1 aromatic carbocycles. The summed E-state index contributed by atoms with van der Waals surface area (Å²) in [6.45, 7) is 2.32. The summed E-state index contributed by atoms with van der Waals surface area (Å²) in [5.74, 6) is -0.0964. The fourth-order valence-corrected chi connectivity index (χ4v) is 1.14. The van der Waals surface area contributed by atoms with Gasteiger partial charge in [0.05, 0.1) is 6.04 Å². The molecule has 0 heterocycles. The van der Waals surface area contributed by atoms with Crippen LogP contribution in [0.2, 0.25) is 0 Å². The second kappa shape index (κ2) is 5.40. The molecule has 0 aliphatic heterocycles. The number of carbonyl (C=O) groups excluding carboxylic acids is 1. The molecule has 3 nitrogen and oxygen atoms in total. The minimum atomic E-state index is -0.425. The second-order valence-corrected chi connectivity index (χ2v) is 3.32. The highest BCUT2D eigenvalue weighted by molar-refractivity contribution is 5.80. The fraction of sp³-hybridized carbons (Fsp3) is 0.364. The van der Waals surface area contributed by atoms with Crippen molar-refractivity contribution in [2.24, 2.45) is 5.73 Å². The third-order valence-corrected chi connectivity index (χ3v) is 1.97. The summed E-state index contributed by atoms with van der Waals surface area (Å²) in [6, 6.07) is 9.61. The van der Waals surface area contributed by atoms with E-state index in [-0.39, 0.29) is 5.91 Å². The van der Waals surface area contributed by atoms with Crippen molar-refractivity contribution in [1.82, 2.24) is 5.32 Å². The molecule has 76 valence electrons. The van der Waals surface area contributed by atoms with Gasteiger partial charge in [-0.2, -0.15) is 0 Å². The van der Waals surface area contributed by atoms with Crippen LogP contribution in [-0.2, 0) is 11.2 Å². The number of hydrogen-bond donors (Lipinski definition) is 2. The highest BCUT2D eigenvalue weighted by Crippen LogP contribution is 1.97. The number of hydrogen-bond acceptors (Lipinski definition) is 2. The topological polar surface area (TPSA) is 55.1 Å². The molecule has 1 aromatic rings. The van der Waals surface area contributed by atoms with Crippen molar-refractivity contribution >= 4 is 5.91 Å². The van der Waals surface area contributed by atoms with Crippen LogP contribution in [0, 0.1) is 0 Å². The maximum Gasteiger partial charge on any atom is 0.236 e. The lowest BCUT2D eigenvalue weighted by Gasteiger charge is -2.07. The Hall–Kier alpha value is -1.35. The molecule has 0 spiro atoms. The first-order valence-electron chi connectivity index (χ1n) is 4.77. The van der Waals surface area contributed by atoms with Gasteiger partial charge < -0.3 is 11.1 Å². The normalized spacial score (nSPS) is 12.1. The van der Waals surface area contributed by atoms with Gasteiger partial charge in [-0.25, -0.2) is 0 Å². The van der Waals surface area contributed by atoms with E-state index in [4.69, 9.17) is 5.73 Å². The predicted octanol–water partition coefficient (Wildman–Crippen LogP) is 0.692. The van der Waals surface area contributed by atoms with Crippen LogP contribution < -0.4 is 11.1 Å². The zero-order valence-corrected chi connectivity index (χ0v) is 8.36. The van der Waals surface area contributed by atoms with E-state index in [0.29, 0.717) is 6.54 Å². The molecule has 1 amide bonds. The van der Waals surface area contributed by atoms with Crippen molar-refractivity contribution in [1.29, 1.82) is 0 Å². The Morgan fingerprint density at radius 2 is 2.07 bits per heavy atom. The SMILES string of the molecule is C[C@@H](N)C(=O)NCCc1ccccc1. The van der Waals surface area contributed by atoms with Crippen LogP contribution >= 0.6 is 0 Å². The monoisotopic (exact) mass is 192 g/mol. The average molecular weight is 192 g/mol. The number of carbonyl (C=O) groups is 1. The Labute approximate surface area is 84.3 Å². The summed E-state index contributed by atoms with van der Waals surface area (Å²) in [4.78, 5) is 11.1. The lowest BCUT2D eigenvalue weighted by Crippen LogP contribution is -2.39. The molecule has 1 rings (SSSR count). The van der Waals surface area contributed by atoms with Crippen LogP contribution in [0.5, 0.6) is 0 Å². The third kappa shape index (κ3) is 3.58. The lowest BCUT2D eigenvalue weighted by atomic mass is 10.1. The molecule has 14 heavy (non-hydrogen) atoms. The van der Waals surface area contributed by atoms with E-state index < -0.39 is 6.04 Å². The maximum atomic E-state index is 11.1. The van der Waals surface area contributed by atoms with Crippen molar-refractivity contribution in [3.8, 4) is 0 Å². The molecule has 0 radical (unpaired) electrons. The Morgan fingerprint density at radius 1 is 1.43 bits per heavy atom. The molecule has 0 saturated heterocycles. The summed E-state index contributed by atoms with van der Waals surface area (Å²) < 4.78 is 0. The maximum absolute atomic E-state index is 11.1. The molecular weight excluding hydrogens is 176 g/mol. The number of benzene rings is 1. The summed E-state index contributed by atoms with van der Waals surface area (Å²) in [7, 11) is 0. The Kier molecular flexibility index (Phi) is 4.13. The van der Waals surface area contributed by atoms with Crippen LogP contribution in [0.3, 0.4) is 0 Å². The summed E-state index contributed by atoms with van der Waals surface area (Å²) in [5.41, 5.74) is 6.62. The van der Waals surface area contributed by atoms with E-state index in [1.807, 2.05) is 30.3 Å². The lowest BCUT2D eigenvalue weighted by molar-refractivity contribution is -0.121. The van der Waals surface area contributed by atoms with Crippen molar-refractivity contribution in [3.63, 3.8) is 0 Å². The van der Waals surface area contributed by atoms with Crippen LogP contribution in [0.1, 0.15) is 12.5 Å². The molecule has 0 unspecified atom stereocenters. The van der Waals surface area contributed by atoms with Gasteiger partial charge in [-0.05, 0) is 18.9 Å². The van der Waals surface area contributed by atoms with Crippen LogP contribution in [0.4, 0.5) is 0 Å². The molecular formula is C11H16N2O. The van der Waals surface area contributed by atoms with Crippen LogP contribution in [-0.4, -0.2) is 18.5 Å². The van der Waals surface area contributed by atoms with E-state index >= 15 is 0 Å². The van der Waals surface area contributed by atoms with E-state index in [2.05, 4.69) is 5.32 Å². The van der Waals surface area contributed by atoms with Crippen molar-refractivity contribution in [3.05, 3.63) is 35.9 Å². The van der Waals surface area contributed by atoms with Gasteiger partial charge in [0.15, 0.2) is 0 Å². The van der Waals surface area contributed by atoms with Gasteiger partial charge >= 0.3 is 0 Å². The average Bonchev–Trinajstić information content (AvgIpc) is 2.19. The number of amides is 1. The van der Waals surface area contributed by atoms with E-state index in [1.54, 1.807) is 6.92 Å². The fourth-order valence-electron chi connectivity index (χ4n) is 1.14. The third-order valence-electron chi connectivity index (χ3n) is 1.97. The number of nitrogens with two attached hydrogens (primary N) is 1. The van der Waals surface area contributed by atoms with Gasteiger partial charge in [-0.15, -0.1) is 0 Å². The molecule has 3 heteroatoms. The molecule has 0 aliphatic carbocycles. The predicted molar refractivity (Wildman–Crippen MR) is 56.8 cm³/mol. The van der Waals surface area contributed by atoms with Gasteiger partial charge in [-0.1, -0.05) is 30.3 Å². The first kappa shape index (κ1) is 10.7. The van der Waals surface area contributed by atoms with E-state index in [9.17, 15) is 4.79 Å². The minimum Gasteiger partial charge on any atom is -0.354 e. The first-order valence-corrected chi connectivity index (χ1v) is 4.77. The van der Waals surface area contributed by atoms with Crippen molar-refractivity contribution in [2.75, 3.05) is 6.54 Å². The van der Waals surface area contributed by atoms with Crippen LogP contribution in [0.25, 0.3) is 0 Å². The molecule has 0 aromatic heterocycles. The Bertz CT molecular complexity index is 283. The van der Waals surface area contributed by atoms with Gasteiger partial charge in [0.2, 0.25) is 5.91 Å². The summed E-state index contributed by atoms with van der Waals surface area (Å²) in [5, 5.41) is 2.77. The van der Waals surface area contributed by atoms with Gasteiger partial charge in [0.25, 0.3) is 0 Å². The number of rotatable bonds is 4. The first-order chi connectivity index (χ1) is 6.70. The highest BCUT2D eigenvalue weighted by atomic mass is 16.2. The van der Waals surface area contributed by atoms with Crippen molar-refractivity contribution in [2.45, 2.75) is 19.4 Å². The number of nitrogens with one attached hydrogen (secondary N) is 1. The molecule has 0 saturated carbocycles. The Morgan fingerprint density at radius 3 is 2.64 bits per heavy atom. The zero-order valence-electron chi connectivity index (χ0n) is 8.36. The van der Waals surface area contributed by atoms with Crippen LogP contribution in [0.15, 0.2) is 30.3 Å². The standard InChI is InChI=1S/C11H16N2O/c1-9(12)11(14)13-8-7-10-5-3-2-4-6-10/h2-6,9H,7-8,12H2,1H3,(H,13,14)/t9-/m1/s1. The second-order valence-electron chi connectivity index (χ2n) is 3.32. The molecule has 0 aliphatic rings. The zero-order chi connectivity index (χ0) is 10.4. The Balaban J connectivity index is 2.26. The van der Waals surface area contributed by atoms with E-state index in [0.717, 1.165) is 6.42 Å². The largest absolute Gasteiger partial charge is 0.354 e.